The molecule has 0 bridgehead atoms. The number of carbonyl (C=O) groups excluding carboxylic acids is 2. The standard InChI is InChI=1S/C18H24ClN3O6S/c1-21(18(24)15-3-2-8-28-15)12-17(23)20-13-4-5-14(19)16(11-13)29(25,26)22-6-9-27-10-7-22/h4-5,11,15H,2-3,6-10,12H2,1H3,(H,20,23). The van der Waals surface area contributed by atoms with Gasteiger partial charge in [0.2, 0.25) is 15.9 Å². The molecular weight excluding hydrogens is 422 g/mol. The molecule has 2 heterocycles. The highest BCUT2D eigenvalue weighted by atomic mass is 35.5. The summed E-state index contributed by atoms with van der Waals surface area (Å²) in [6, 6.07) is 4.26. The largest absolute Gasteiger partial charge is 0.379 e. The number of halogens is 1. The van der Waals surface area contributed by atoms with Crippen LogP contribution in [0.1, 0.15) is 12.8 Å². The zero-order valence-corrected chi connectivity index (χ0v) is 17.7. The van der Waals surface area contributed by atoms with Gasteiger partial charge in [0, 0.05) is 32.4 Å². The van der Waals surface area contributed by atoms with Crippen molar-refractivity contribution >= 4 is 39.1 Å². The van der Waals surface area contributed by atoms with E-state index in [1.165, 1.54) is 34.5 Å². The molecule has 2 saturated heterocycles. The second-order valence-corrected chi connectivity index (χ2v) is 9.22. The van der Waals surface area contributed by atoms with E-state index in [4.69, 9.17) is 21.1 Å². The number of likely N-dealkylation sites (N-methyl/N-ethyl adjacent to an activating group) is 1. The maximum atomic E-state index is 12.9. The van der Waals surface area contributed by atoms with Gasteiger partial charge in [-0.15, -0.1) is 0 Å². The summed E-state index contributed by atoms with van der Waals surface area (Å²) in [6.45, 7) is 1.49. The molecule has 11 heteroatoms. The first kappa shape index (κ1) is 22.0. The number of hydrogen-bond acceptors (Lipinski definition) is 6. The molecule has 2 fully saturated rings. The van der Waals surface area contributed by atoms with Crippen LogP contribution in [0.4, 0.5) is 5.69 Å². The molecule has 160 valence electrons. The van der Waals surface area contributed by atoms with Gasteiger partial charge >= 0.3 is 0 Å². The maximum Gasteiger partial charge on any atom is 0.251 e. The lowest BCUT2D eigenvalue weighted by atomic mass is 10.2. The minimum atomic E-state index is -3.81. The molecule has 1 atom stereocenters. The van der Waals surface area contributed by atoms with Crippen LogP contribution in [-0.4, -0.2) is 82.0 Å². The number of ether oxygens (including phenoxy) is 2. The summed E-state index contributed by atoms with van der Waals surface area (Å²) < 4.78 is 37.6. The minimum absolute atomic E-state index is 0.0696. The summed E-state index contributed by atoms with van der Waals surface area (Å²) in [6.07, 6.45) is 0.959. The Labute approximate surface area is 174 Å². The zero-order chi connectivity index (χ0) is 21.0. The van der Waals surface area contributed by atoms with E-state index in [0.717, 1.165) is 6.42 Å². The number of amides is 2. The Bertz CT molecular complexity index is 866. The Hall–Kier alpha value is -1.72. The van der Waals surface area contributed by atoms with Crippen molar-refractivity contribution in [2.75, 3.05) is 51.8 Å². The SMILES string of the molecule is CN(CC(=O)Nc1ccc(Cl)c(S(=O)(=O)N2CCOCC2)c1)C(=O)C1CCCO1. The predicted octanol–water partition coefficient (Wildman–Crippen LogP) is 0.937. The Kier molecular flexibility index (Phi) is 7.12. The predicted molar refractivity (Wildman–Crippen MR) is 106 cm³/mol. The van der Waals surface area contributed by atoms with Gasteiger partial charge in [-0.3, -0.25) is 9.59 Å². The van der Waals surface area contributed by atoms with E-state index in [-0.39, 0.29) is 41.1 Å². The van der Waals surface area contributed by atoms with Gasteiger partial charge in [-0.05, 0) is 31.0 Å². The fourth-order valence-corrected chi connectivity index (χ4v) is 5.13. The molecule has 0 aliphatic carbocycles. The molecule has 0 saturated carbocycles. The molecule has 29 heavy (non-hydrogen) atoms. The molecule has 2 amide bonds. The number of benzene rings is 1. The molecule has 2 aliphatic rings. The molecule has 0 aromatic heterocycles. The minimum Gasteiger partial charge on any atom is -0.379 e. The number of morpholine rings is 1. The van der Waals surface area contributed by atoms with Crippen LogP contribution in [0.15, 0.2) is 23.1 Å². The van der Waals surface area contributed by atoms with Gasteiger partial charge in [-0.25, -0.2) is 8.42 Å². The van der Waals surface area contributed by atoms with E-state index >= 15 is 0 Å². The molecule has 1 unspecified atom stereocenters. The quantitative estimate of drug-likeness (QED) is 0.698. The van der Waals surface area contributed by atoms with Crippen LogP contribution in [0, 0.1) is 0 Å². The van der Waals surface area contributed by atoms with E-state index in [0.29, 0.717) is 26.2 Å². The second kappa shape index (κ2) is 9.40. The molecule has 0 spiro atoms. The molecule has 3 rings (SSSR count). The fraction of sp³-hybridized carbons (Fsp3) is 0.556. The molecule has 1 aromatic carbocycles. The fourth-order valence-electron chi connectivity index (χ4n) is 3.22. The molecular formula is C18H24ClN3O6S. The van der Waals surface area contributed by atoms with E-state index in [9.17, 15) is 18.0 Å². The van der Waals surface area contributed by atoms with Gasteiger partial charge < -0.3 is 19.7 Å². The normalized spacial score (nSPS) is 20.4. The number of carbonyl (C=O) groups is 2. The topological polar surface area (TPSA) is 105 Å². The van der Waals surface area contributed by atoms with Gasteiger partial charge in [0.15, 0.2) is 0 Å². The lowest BCUT2D eigenvalue weighted by molar-refractivity contribution is -0.141. The van der Waals surface area contributed by atoms with Crippen molar-refractivity contribution in [2.45, 2.75) is 23.8 Å². The molecule has 1 N–H and O–H groups in total. The van der Waals surface area contributed by atoms with E-state index in [1.54, 1.807) is 0 Å². The Balaban J connectivity index is 1.67. The van der Waals surface area contributed by atoms with Crippen molar-refractivity contribution in [1.29, 1.82) is 0 Å². The van der Waals surface area contributed by atoms with Crippen LogP contribution in [0.25, 0.3) is 0 Å². The highest BCUT2D eigenvalue weighted by Crippen LogP contribution is 2.28. The Morgan fingerprint density at radius 1 is 1.28 bits per heavy atom. The molecule has 2 aliphatic heterocycles. The third-order valence-electron chi connectivity index (χ3n) is 4.76. The first-order valence-corrected chi connectivity index (χ1v) is 11.1. The van der Waals surface area contributed by atoms with E-state index in [2.05, 4.69) is 5.32 Å². The van der Waals surface area contributed by atoms with Crippen LogP contribution in [-0.2, 0) is 29.1 Å². The van der Waals surface area contributed by atoms with E-state index in [1.807, 2.05) is 0 Å². The highest BCUT2D eigenvalue weighted by molar-refractivity contribution is 7.89. The average molecular weight is 446 g/mol. The number of hydrogen-bond donors (Lipinski definition) is 1. The molecule has 0 radical (unpaired) electrons. The van der Waals surface area contributed by atoms with E-state index < -0.39 is 22.0 Å². The van der Waals surface area contributed by atoms with Crippen molar-refractivity contribution in [3.05, 3.63) is 23.2 Å². The van der Waals surface area contributed by atoms with Crippen LogP contribution in [0.5, 0.6) is 0 Å². The average Bonchev–Trinajstić information content (AvgIpc) is 3.24. The number of nitrogens with zero attached hydrogens (tertiary/aromatic N) is 2. The number of sulfonamides is 1. The number of rotatable bonds is 6. The number of anilines is 1. The van der Waals surface area contributed by atoms with Crippen molar-refractivity contribution in [1.82, 2.24) is 9.21 Å². The lowest BCUT2D eigenvalue weighted by Gasteiger charge is -2.26. The van der Waals surface area contributed by atoms with Gasteiger partial charge in [-0.2, -0.15) is 4.31 Å². The molecule has 1 aromatic rings. The summed E-state index contributed by atoms with van der Waals surface area (Å²) in [5, 5.41) is 2.69. The summed E-state index contributed by atoms with van der Waals surface area (Å²) in [5.41, 5.74) is 0.282. The van der Waals surface area contributed by atoms with Gasteiger partial charge in [0.1, 0.15) is 11.0 Å². The van der Waals surface area contributed by atoms with Crippen molar-refractivity contribution in [3.63, 3.8) is 0 Å². The zero-order valence-electron chi connectivity index (χ0n) is 16.1. The Morgan fingerprint density at radius 2 is 2.00 bits per heavy atom. The Morgan fingerprint density at radius 3 is 2.66 bits per heavy atom. The van der Waals surface area contributed by atoms with Gasteiger partial charge in [0.25, 0.3) is 5.91 Å². The summed E-state index contributed by atoms with van der Waals surface area (Å²) in [7, 11) is -2.28. The van der Waals surface area contributed by atoms with Crippen molar-refractivity contribution < 1.29 is 27.5 Å². The van der Waals surface area contributed by atoms with Crippen LogP contribution < -0.4 is 5.32 Å². The van der Waals surface area contributed by atoms with Crippen LogP contribution in [0.2, 0.25) is 5.02 Å². The first-order chi connectivity index (χ1) is 13.8. The van der Waals surface area contributed by atoms with Gasteiger partial charge in [0.05, 0.1) is 24.8 Å². The highest BCUT2D eigenvalue weighted by Gasteiger charge is 2.29. The second-order valence-electron chi connectivity index (χ2n) is 6.91. The third-order valence-corrected chi connectivity index (χ3v) is 7.15. The van der Waals surface area contributed by atoms with Crippen LogP contribution >= 0.6 is 11.6 Å². The van der Waals surface area contributed by atoms with Crippen LogP contribution in [0.3, 0.4) is 0 Å². The summed E-state index contributed by atoms with van der Waals surface area (Å²) in [5.74, 6) is -0.694. The maximum absolute atomic E-state index is 12.9. The summed E-state index contributed by atoms with van der Waals surface area (Å²) >= 11 is 6.12. The van der Waals surface area contributed by atoms with Gasteiger partial charge in [-0.1, -0.05) is 11.6 Å². The smallest absolute Gasteiger partial charge is 0.251 e. The van der Waals surface area contributed by atoms with Crippen molar-refractivity contribution in [3.8, 4) is 0 Å². The first-order valence-electron chi connectivity index (χ1n) is 9.33. The number of nitrogens with one attached hydrogen (secondary N) is 1. The monoisotopic (exact) mass is 445 g/mol. The lowest BCUT2D eigenvalue weighted by Crippen LogP contribution is -2.41. The molecule has 9 nitrogen and oxygen atoms in total. The summed E-state index contributed by atoms with van der Waals surface area (Å²) in [4.78, 5) is 25.8. The third kappa shape index (κ3) is 5.26. The van der Waals surface area contributed by atoms with Crippen molar-refractivity contribution in [2.24, 2.45) is 0 Å².